The Morgan fingerprint density at radius 3 is 2.88 bits per heavy atom. The van der Waals surface area contributed by atoms with Crippen LogP contribution in [-0.2, 0) is 4.79 Å². The Bertz CT molecular complexity index is 912. The zero-order valence-electron chi connectivity index (χ0n) is 14.4. The molecule has 0 fully saturated rings. The minimum Gasteiger partial charge on any atom is -0.387 e. The number of amides is 1. The molecule has 0 bridgehead atoms. The monoisotopic (exact) mass is 369 g/mol. The third-order valence-corrected chi connectivity index (χ3v) is 4.79. The van der Waals surface area contributed by atoms with Gasteiger partial charge in [-0.2, -0.15) is 0 Å². The van der Waals surface area contributed by atoms with E-state index in [0.29, 0.717) is 5.82 Å². The minimum absolute atomic E-state index is 0.272. The molecular weight excluding hydrogens is 350 g/mol. The van der Waals surface area contributed by atoms with Gasteiger partial charge in [0.05, 0.1) is 16.6 Å². The maximum atomic E-state index is 11.3. The van der Waals surface area contributed by atoms with E-state index in [1.807, 2.05) is 44.2 Å². The van der Waals surface area contributed by atoms with E-state index in [4.69, 9.17) is 5.11 Å². The second-order valence-corrected chi connectivity index (χ2v) is 6.82. The third-order valence-electron chi connectivity index (χ3n) is 3.59. The highest BCUT2D eigenvalue weighted by molar-refractivity contribution is 7.15. The Balaban J connectivity index is 1.77. The van der Waals surface area contributed by atoms with Gasteiger partial charge in [0.15, 0.2) is 0 Å². The van der Waals surface area contributed by atoms with Crippen molar-refractivity contribution in [2.45, 2.75) is 19.9 Å². The van der Waals surface area contributed by atoms with Crippen LogP contribution in [-0.4, -0.2) is 32.6 Å². The van der Waals surface area contributed by atoms with E-state index in [0.717, 1.165) is 27.0 Å². The Morgan fingerprint density at radius 2 is 2.12 bits per heavy atom. The fourth-order valence-corrected chi connectivity index (χ4v) is 3.22. The first-order chi connectivity index (χ1) is 12.5. The van der Waals surface area contributed by atoms with Crippen molar-refractivity contribution >= 4 is 28.9 Å². The lowest BCUT2D eigenvalue weighted by atomic mass is 10.3. The number of carbonyl (C=O) groups is 1. The van der Waals surface area contributed by atoms with Crippen molar-refractivity contribution < 1.29 is 9.90 Å². The zero-order chi connectivity index (χ0) is 18.5. The molecule has 3 rings (SSSR count). The summed E-state index contributed by atoms with van der Waals surface area (Å²) in [4.78, 5) is 25.4. The molecule has 8 heteroatoms. The number of hydrogen-bond donors (Lipinski definition) is 3. The molecule has 7 nitrogen and oxygen atoms in total. The summed E-state index contributed by atoms with van der Waals surface area (Å²) in [5.41, 5.74) is 1.90. The van der Waals surface area contributed by atoms with Crippen LogP contribution in [0.15, 0.2) is 42.7 Å². The predicted octanol–water partition coefficient (Wildman–Crippen LogP) is 2.82. The Kier molecular flexibility index (Phi) is 5.55. The van der Waals surface area contributed by atoms with Crippen molar-refractivity contribution in [3.05, 3.63) is 53.3 Å². The lowest BCUT2D eigenvalue weighted by molar-refractivity contribution is -0.124. The van der Waals surface area contributed by atoms with E-state index < -0.39 is 12.5 Å². The lowest BCUT2D eigenvalue weighted by Crippen LogP contribution is -2.28. The van der Waals surface area contributed by atoms with Crippen LogP contribution in [0.1, 0.15) is 23.5 Å². The van der Waals surface area contributed by atoms with E-state index in [2.05, 4.69) is 25.6 Å². The Hall–Kier alpha value is -2.84. The number of carbonyl (C=O) groups excluding carboxylic acids is 1. The van der Waals surface area contributed by atoms with Gasteiger partial charge in [0.2, 0.25) is 5.91 Å². The number of aromatic nitrogens is 3. The van der Waals surface area contributed by atoms with Crippen LogP contribution in [0.25, 0.3) is 10.6 Å². The number of aliphatic hydroxyl groups excluding tert-OH is 1. The van der Waals surface area contributed by atoms with Crippen LogP contribution in [0.4, 0.5) is 11.6 Å². The average molecular weight is 369 g/mol. The number of anilines is 2. The van der Waals surface area contributed by atoms with Crippen LogP contribution in [0.3, 0.4) is 0 Å². The molecule has 3 heterocycles. The van der Waals surface area contributed by atoms with Gasteiger partial charge in [-0.25, -0.2) is 15.0 Å². The number of aliphatic hydroxyl groups is 1. The van der Waals surface area contributed by atoms with E-state index in [9.17, 15) is 4.79 Å². The van der Waals surface area contributed by atoms with Gasteiger partial charge < -0.3 is 15.7 Å². The van der Waals surface area contributed by atoms with Gasteiger partial charge in [-0.3, -0.25) is 4.79 Å². The summed E-state index contributed by atoms with van der Waals surface area (Å²) in [5, 5.41) is 15.5. The second kappa shape index (κ2) is 8.03. The summed E-state index contributed by atoms with van der Waals surface area (Å²) in [5.74, 6) is 1.00. The van der Waals surface area contributed by atoms with Crippen LogP contribution in [0.5, 0.6) is 0 Å². The molecule has 26 heavy (non-hydrogen) atoms. The zero-order valence-corrected chi connectivity index (χ0v) is 15.2. The highest BCUT2D eigenvalue weighted by atomic mass is 32.1. The molecule has 0 aliphatic heterocycles. The normalized spacial score (nSPS) is 11.8. The molecule has 0 aromatic carbocycles. The average Bonchev–Trinajstić information content (AvgIpc) is 3.12. The number of hydrogen-bond acceptors (Lipinski definition) is 7. The molecule has 0 unspecified atom stereocenters. The van der Waals surface area contributed by atoms with Crippen LogP contribution in [0.2, 0.25) is 0 Å². The summed E-state index contributed by atoms with van der Waals surface area (Å²) in [6, 6.07) is 9.31. The molecular formula is C18H19N5O2S. The van der Waals surface area contributed by atoms with Crippen LogP contribution >= 0.6 is 11.3 Å². The minimum atomic E-state index is -0.537. The largest absolute Gasteiger partial charge is 0.387 e. The smallest absolute Gasteiger partial charge is 0.246 e. The quantitative estimate of drug-likeness (QED) is 0.618. The van der Waals surface area contributed by atoms with Gasteiger partial charge in [0.25, 0.3) is 0 Å². The lowest BCUT2D eigenvalue weighted by Gasteiger charge is -2.09. The number of aryl methyl sites for hydroxylation is 1. The molecule has 1 atom stereocenters. The molecule has 0 radical (unpaired) electrons. The Morgan fingerprint density at radius 1 is 1.27 bits per heavy atom. The highest BCUT2D eigenvalue weighted by Crippen LogP contribution is 2.29. The standard InChI is InChI=1S/C18H19N5O2S/c1-11-6-7-19-16(8-11)23-15-5-3-4-13(22-15)14-9-20-18(26-14)12(2)21-17(25)10-24/h3-9,12,24H,10H2,1-2H3,(H,21,25)(H,19,22,23)/t12-/m0/s1. The van der Waals surface area contributed by atoms with Gasteiger partial charge in [-0.15, -0.1) is 11.3 Å². The molecule has 0 saturated carbocycles. The molecule has 1 amide bonds. The van der Waals surface area contributed by atoms with Crippen molar-refractivity contribution in [3.63, 3.8) is 0 Å². The molecule has 3 aromatic heterocycles. The molecule has 0 saturated heterocycles. The highest BCUT2D eigenvalue weighted by Gasteiger charge is 2.14. The number of nitrogens with one attached hydrogen (secondary N) is 2. The van der Waals surface area contributed by atoms with Crippen molar-refractivity contribution in [2.75, 3.05) is 11.9 Å². The van der Waals surface area contributed by atoms with Gasteiger partial charge in [0.1, 0.15) is 23.3 Å². The van der Waals surface area contributed by atoms with Gasteiger partial charge in [0, 0.05) is 12.4 Å². The van der Waals surface area contributed by atoms with Crippen molar-refractivity contribution in [3.8, 4) is 10.6 Å². The van der Waals surface area contributed by atoms with E-state index in [1.165, 1.54) is 11.3 Å². The first kappa shape index (κ1) is 18.0. The van der Waals surface area contributed by atoms with Crippen LogP contribution < -0.4 is 10.6 Å². The summed E-state index contributed by atoms with van der Waals surface area (Å²) in [7, 11) is 0. The molecule has 134 valence electrons. The number of rotatable bonds is 6. The van der Waals surface area contributed by atoms with E-state index in [-0.39, 0.29) is 6.04 Å². The molecule has 0 aliphatic rings. The topological polar surface area (TPSA) is 100 Å². The summed E-state index contributed by atoms with van der Waals surface area (Å²) in [6.07, 6.45) is 3.48. The van der Waals surface area contributed by atoms with Gasteiger partial charge in [-0.05, 0) is 43.7 Å². The van der Waals surface area contributed by atoms with Gasteiger partial charge in [-0.1, -0.05) is 6.07 Å². The number of pyridine rings is 2. The fourth-order valence-electron chi connectivity index (χ4n) is 2.33. The Labute approximate surface area is 155 Å². The summed E-state index contributed by atoms with van der Waals surface area (Å²) >= 11 is 1.45. The number of thiazole rings is 1. The SMILES string of the molecule is Cc1ccnc(Nc2cccc(-c3cnc([C@H](C)NC(=O)CO)s3)n2)c1. The molecule has 3 N–H and O–H groups in total. The molecule has 3 aromatic rings. The molecule has 0 spiro atoms. The number of nitrogens with zero attached hydrogens (tertiary/aromatic N) is 3. The van der Waals surface area contributed by atoms with E-state index >= 15 is 0 Å². The van der Waals surface area contributed by atoms with Crippen molar-refractivity contribution in [1.82, 2.24) is 20.3 Å². The maximum Gasteiger partial charge on any atom is 0.246 e. The second-order valence-electron chi connectivity index (χ2n) is 5.76. The van der Waals surface area contributed by atoms with Crippen molar-refractivity contribution in [1.29, 1.82) is 0 Å². The summed E-state index contributed by atoms with van der Waals surface area (Å²) in [6.45, 7) is 3.29. The first-order valence-corrected chi connectivity index (χ1v) is 8.90. The third kappa shape index (κ3) is 4.41. The first-order valence-electron chi connectivity index (χ1n) is 8.08. The maximum absolute atomic E-state index is 11.3. The van der Waals surface area contributed by atoms with Crippen molar-refractivity contribution in [2.24, 2.45) is 0 Å². The molecule has 0 aliphatic carbocycles. The van der Waals surface area contributed by atoms with Crippen LogP contribution in [0, 0.1) is 6.92 Å². The predicted molar refractivity (Wildman–Crippen MR) is 101 cm³/mol. The summed E-state index contributed by atoms with van der Waals surface area (Å²) < 4.78 is 0. The van der Waals surface area contributed by atoms with E-state index in [1.54, 1.807) is 12.4 Å². The fraction of sp³-hybridized carbons (Fsp3) is 0.222. The van der Waals surface area contributed by atoms with Gasteiger partial charge >= 0.3 is 0 Å².